The fourth-order valence-electron chi connectivity index (χ4n) is 1.24. The molecule has 0 spiro atoms. The maximum absolute atomic E-state index is 11.6. The van der Waals surface area contributed by atoms with Crippen LogP contribution in [0.25, 0.3) is 0 Å². The molecule has 0 radical (unpaired) electrons. The minimum atomic E-state index is -0.125. The molecule has 0 atom stereocenters. The van der Waals surface area contributed by atoms with Gasteiger partial charge in [-0.25, -0.2) is 0 Å². The van der Waals surface area contributed by atoms with Crippen LogP contribution in [-0.2, 0) is 4.79 Å². The second-order valence-corrected chi connectivity index (χ2v) is 3.58. The van der Waals surface area contributed by atoms with Crippen LogP contribution in [0.1, 0.15) is 29.3 Å². The Hall–Kier alpha value is -1.64. The Morgan fingerprint density at radius 2 is 2.07 bits per heavy atom. The molecule has 0 aliphatic heterocycles. The molecule has 0 aliphatic rings. The maximum Gasteiger partial charge on any atom is 0.251 e. The Balaban J connectivity index is 2.50. The van der Waals surface area contributed by atoms with Gasteiger partial charge in [0.25, 0.3) is 5.91 Å². The number of amides is 1. The van der Waals surface area contributed by atoms with E-state index in [0.717, 1.165) is 5.56 Å². The summed E-state index contributed by atoms with van der Waals surface area (Å²) in [5.74, 6) is -0.0421. The number of ketones is 1. The number of rotatable bonds is 4. The van der Waals surface area contributed by atoms with Crippen molar-refractivity contribution in [2.75, 3.05) is 6.54 Å². The highest BCUT2D eigenvalue weighted by atomic mass is 16.1. The molecule has 0 heterocycles. The average molecular weight is 205 g/mol. The number of hydrogen-bond acceptors (Lipinski definition) is 2. The molecule has 0 fully saturated rings. The fraction of sp³-hybridized carbons (Fsp3) is 0.333. The molecular weight excluding hydrogens is 190 g/mol. The van der Waals surface area contributed by atoms with Crippen LogP contribution in [-0.4, -0.2) is 18.2 Å². The average Bonchev–Trinajstić information content (AvgIpc) is 2.17. The molecule has 1 rings (SSSR count). The van der Waals surface area contributed by atoms with Crippen molar-refractivity contribution < 1.29 is 9.59 Å². The van der Waals surface area contributed by atoms with Gasteiger partial charge < -0.3 is 5.32 Å². The first-order valence-corrected chi connectivity index (χ1v) is 4.94. The third kappa shape index (κ3) is 3.94. The molecule has 0 saturated carbocycles. The molecule has 3 heteroatoms. The summed E-state index contributed by atoms with van der Waals surface area (Å²) < 4.78 is 0. The van der Waals surface area contributed by atoms with Crippen LogP contribution in [0.3, 0.4) is 0 Å². The highest BCUT2D eigenvalue weighted by Crippen LogP contribution is 2.03. The Kier molecular flexibility index (Phi) is 4.03. The standard InChI is InChI=1S/C12H15NO2/c1-9-4-3-5-11(8-9)12(15)13-7-6-10(2)14/h3-5,8H,6-7H2,1-2H3,(H,13,15). The molecule has 3 nitrogen and oxygen atoms in total. The van der Waals surface area contributed by atoms with E-state index < -0.39 is 0 Å². The number of nitrogens with one attached hydrogen (secondary N) is 1. The molecule has 0 unspecified atom stereocenters. The van der Waals surface area contributed by atoms with Crippen LogP contribution in [0, 0.1) is 6.92 Å². The summed E-state index contributed by atoms with van der Waals surface area (Å²) >= 11 is 0. The SMILES string of the molecule is CC(=O)CCNC(=O)c1cccc(C)c1. The van der Waals surface area contributed by atoms with Crippen LogP contribution >= 0.6 is 0 Å². The van der Waals surface area contributed by atoms with Gasteiger partial charge in [0.05, 0.1) is 0 Å². The molecule has 0 saturated heterocycles. The lowest BCUT2D eigenvalue weighted by molar-refractivity contribution is -0.116. The number of aryl methyl sites for hydroxylation is 1. The van der Waals surface area contributed by atoms with E-state index in [9.17, 15) is 9.59 Å². The summed E-state index contributed by atoms with van der Waals surface area (Å²) in [6, 6.07) is 7.36. The van der Waals surface area contributed by atoms with Crippen molar-refractivity contribution in [3.05, 3.63) is 35.4 Å². The second-order valence-electron chi connectivity index (χ2n) is 3.58. The summed E-state index contributed by atoms with van der Waals surface area (Å²) in [5.41, 5.74) is 1.69. The largest absolute Gasteiger partial charge is 0.352 e. The fourth-order valence-corrected chi connectivity index (χ4v) is 1.24. The molecule has 1 N–H and O–H groups in total. The van der Waals surface area contributed by atoms with Crippen LogP contribution in [0.5, 0.6) is 0 Å². The van der Waals surface area contributed by atoms with Gasteiger partial charge in [0.2, 0.25) is 0 Å². The van der Waals surface area contributed by atoms with Gasteiger partial charge in [0.15, 0.2) is 0 Å². The molecule has 15 heavy (non-hydrogen) atoms. The second kappa shape index (κ2) is 5.29. The van der Waals surface area contributed by atoms with Crippen LogP contribution in [0.15, 0.2) is 24.3 Å². The van der Waals surface area contributed by atoms with Crippen LogP contribution < -0.4 is 5.32 Å². The van der Waals surface area contributed by atoms with Gasteiger partial charge >= 0.3 is 0 Å². The lowest BCUT2D eigenvalue weighted by Crippen LogP contribution is -2.25. The highest BCUT2D eigenvalue weighted by Gasteiger charge is 2.04. The van der Waals surface area contributed by atoms with Crippen LogP contribution in [0.2, 0.25) is 0 Å². The Morgan fingerprint density at radius 1 is 1.33 bits per heavy atom. The zero-order valence-electron chi connectivity index (χ0n) is 9.04. The predicted molar refractivity (Wildman–Crippen MR) is 58.8 cm³/mol. The first kappa shape index (κ1) is 11.4. The number of carbonyl (C=O) groups is 2. The number of hydrogen-bond donors (Lipinski definition) is 1. The van der Waals surface area contributed by atoms with Gasteiger partial charge in [-0.3, -0.25) is 9.59 Å². The van der Waals surface area contributed by atoms with E-state index in [0.29, 0.717) is 18.5 Å². The molecule has 1 aromatic carbocycles. The van der Waals surface area contributed by atoms with E-state index in [1.165, 1.54) is 6.92 Å². The summed E-state index contributed by atoms with van der Waals surface area (Å²) in [6.07, 6.45) is 0.386. The molecule has 0 aliphatic carbocycles. The van der Waals surface area contributed by atoms with Gasteiger partial charge in [-0.2, -0.15) is 0 Å². The Bertz CT molecular complexity index is 372. The van der Waals surface area contributed by atoms with Crippen molar-refractivity contribution in [3.8, 4) is 0 Å². The number of carbonyl (C=O) groups excluding carboxylic acids is 2. The van der Waals surface area contributed by atoms with E-state index in [1.54, 1.807) is 6.07 Å². The van der Waals surface area contributed by atoms with Gasteiger partial charge in [-0.15, -0.1) is 0 Å². The van der Waals surface area contributed by atoms with Crippen LogP contribution in [0.4, 0.5) is 0 Å². The van der Waals surface area contributed by atoms with Crippen molar-refractivity contribution >= 4 is 11.7 Å². The Morgan fingerprint density at radius 3 is 2.67 bits per heavy atom. The summed E-state index contributed by atoms with van der Waals surface area (Å²) in [7, 11) is 0. The quantitative estimate of drug-likeness (QED) is 0.813. The molecule has 80 valence electrons. The lowest BCUT2D eigenvalue weighted by Gasteiger charge is -2.04. The first-order valence-electron chi connectivity index (χ1n) is 4.94. The van der Waals surface area contributed by atoms with Crippen molar-refractivity contribution in [2.45, 2.75) is 20.3 Å². The topological polar surface area (TPSA) is 46.2 Å². The normalized spacial score (nSPS) is 9.73. The van der Waals surface area contributed by atoms with Gasteiger partial charge in [0, 0.05) is 18.5 Å². The van der Waals surface area contributed by atoms with Crippen molar-refractivity contribution in [3.63, 3.8) is 0 Å². The van der Waals surface area contributed by atoms with Crippen molar-refractivity contribution in [2.24, 2.45) is 0 Å². The number of Topliss-reactive ketones (excluding diaryl/α,β-unsaturated/α-hetero) is 1. The van der Waals surface area contributed by atoms with Gasteiger partial charge in [0.1, 0.15) is 5.78 Å². The van der Waals surface area contributed by atoms with Gasteiger partial charge in [-0.1, -0.05) is 17.7 Å². The molecular formula is C12H15NO2. The third-order valence-corrected chi connectivity index (χ3v) is 2.04. The zero-order chi connectivity index (χ0) is 11.3. The smallest absolute Gasteiger partial charge is 0.251 e. The third-order valence-electron chi connectivity index (χ3n) is 2.04. The number of benzene rings is 1. The predicted octanol–water partition coefficient (Wildman–Crippen LogP) is 1.70. The summed E-state index contributed by atoms with van der Waals surface area (Å²) in [6.45, 7) is 3.85. The van der Waals surface area contributed by atoms with E-state index in [-0.39, 0.29) is 11.7 Å². The minimum absolute atomic E-state index is 0.0829. The highest BCUT2D eigenvalue weighted by molar-refractivity contribution is 5.94. The van der Waals surface area contributed by atoms with E-state index in [1.807, 2.05) is 25.1 Å². The Labute approximate surface area is 89.5 Å². The lowest BCUT2D eigenvalue weighted by atomic mass is 10.1. The van der Waals surface area contributed by atoms with Crippen molar-refractivity contribution in [1.29, 1.82) is 0 Å². The molecule has 1 aromatic rings. The summed E-state index contributed by atoms with van der Waals surface area (Å²) in [5, 5.41) is 2.70. The molecule has 0 bridgehead atoms. The first-order chi connectivity index (χ1) is 7.09. The molecule has 1 amide bonds. The zero-order valence-corrected chi connectivity index (χ0v) is 9.04. The monoisotopic (exact) mass is 205 g/mol. The van der Waals surface area contributed by atoms with E-state index in [2.05, 4.69) is 5.32 Å². The summed E-state index contributed by atoms with van der Waals surface area (Å²) in [4.78, 5) is 22.2. The van der Waals surface area contributed by atoms with E-state index >= 15 is 0 Å². The minimum Gasteiger partial charge on any atom is -0.352 e. The van der Waals surface area contributed by atoms with E-state index in [4.69, 9.17) is 0 Å². The van der Waals surface area contributed by atoms with Crippen molar-refractivity contribution in [1.82, 2.24) is 5.32 Å². The molecule has 0 aromatic heterocycles. The van der Waals surface area contributed by atoms with Gasteiger partial charge in [-0.05, 0) is 26.0 Å². The maximum atomic E-state index is 11.6.